The van der Waals surface area contributed by atoms with Crippen LogP contribution in [0.15, 0.2) is 30.3 Å². The van der Waals surface area contributed by atoms with Gasteiger partial charge in [0.25, 0.3) is 5.91 Å². The van der Waals surface area contributed by atoms with Gasteiger partial charge >= 0.3 is 0 Å². The van der Waals surface area contributed by atoms with E-state index < -0.39 is 0 Å². The van der Waals surface area contributed by atoms with Crippen LogP contribution in [0.1, 0.15) is 17.4 Å². The lowest BCUT2D eigenvalue weighted by Crippen LogP contribution is -2.20. The van der Waals surface area contributed by atoms with E-state index in [1.165, 1.54) is 7.05 Å². The molecular formula is C16H20N4O3. The topological polar surface area (TPSA) is 99.4 Å². The molecule has 0 saturated carbocycles. The van der Waals surface area contributed by atoms with E-state index in [-0.39, 0.29) is 17.5 Å². The normalized spacial score (nSPS) is 10.3. The average molecular weight is 316 g/mol. The van der Waals surface area contributed by atoms with Gasteiger partial charge in [0.2, 0.25) is 5.95 Å². The zero-order valence-electron chi connectivity index (χ0n) is 13.2. The number of nitrogens with one attached hydrogen (secondary N) is 1. The van der Waals surface area contributed by atoms with Crippen LogP contribution in [0.2, 0.25) is 0 Å². The number of amides is 1. The minimum absolute atomic E-state index is 0.0538. The molecule has 7 nitrogen and oxygen atoms in total. The van der Waals surface area contributed by atoms with E-state index in [1.54, 1.807) is 6.07 Å². The van der Waals surface area contributed by atoms with Crippen molar-refractivity contribution < 1.29 is 14.3 Å². The summed E-state index contributed by atoms with van der Waals surface area (Å²) in [4.78, 5) is 19.8. The molecule has 0 aliphatic rings. The molecule has 7 heteroatoms. The maximum atomic E-state index is 11.7. The van der Waals surface area contributed by atoms with Crippen molar-refractivity contribution in [2.75, 3.05) is 32.6 Å². The predicted octanol–water partition coefficient (Wildman–Crippen LogP) is 1.50. The molecule has 1 aromatic carbocycles. The van der Waals surface area contributed by atoms with Gasteiger partial charge in [0.05, 0.1) is 12.3 Å². The van der Waals surface area contributed by atoms with Gasteiger partial charge in [-0.3, -0.25) is 4.79 Å². The Balaban J connectivity index is 2.12. The maximum Gasteiger partial charge on any atom is 0.269 e. The van der Waals surface area contributed by atoms with Crippen molar-refractivity contribution in [1.29, 1.82) is 0 Å². The fourth-order valence-electron chi connectivity index (χ4n) is 1.94. The van der Waals surface area contributed by atoms with E-state index in [1.807, 2.05) is 31.2 Å². The Morgan fingerprint density at radius 1 is 1.22 bits per heavy atom. The molecule has 0 atom stereocenters. The molecule has 1 amide bonds. The molecule has 2 rings (SSSR count). The zero-order valence-corrected chi connectivity index (χ0v) is 13.2. The molecule has 0 unspecified atom stereocenters. The van der Waals surface area contributed by atoms with Gasteiger partial charge in [-0.2, -0.15) is 0 Å². The van der Waals surface area contributed by atoms with E-state index in [9.17, 15) is 4.79 Å². The van der Waals surface area contributed by atoms with Gasteiger partial charge in [0.1, 0.15) is 18.1 Å². The van der Waals surface area contributed by atoms with Gasteiger partial charge < -0.3 is 20.5 Å². The Labute approximate surface area is 134 Å². The van der Waals surface area contributed by atoms with E-state index in [2.05, 4.69) is 15.3 Å². The summed E-state index contributed by atoms with van der Waals surface area (Å²) in [6.45, 7) is 3.66. The van der Waals surface area contributed by atoms with Gasteiger partial charge in [0.15, 0.2) is 0 Å². The molecule has 122 valence electrons. The number of hydrogen-bond donors (Lipinski definition) is 2. The molecule has 0 saturated heterocycles. The van der Waals surface area contributed by atoms with Crippen LogP contribution in [0, 0.1) is 0 Å². The van der Waals surface area contributed by atoms with Crippen molar-refractivity contribution in [1.82, 2.24) is 15.3 Å². The van der Waals surface area contributed by atoms with E-state index in [4.69, 9.17) is 15.2 Å². The first-order valence-corrected chi connectivity index (χ1v) is 7.31. The van der Waals surface area contributed by atoms with Gasteiger partial charge in [-0.05, 0) is 37.3 Å². The fourth-order valence-corrected chi connectivity index (χ4v) is 1.94. The lowest BCUT2D eigenvalue weighted by atomic mass is 10.1. The van der Waals surface area contributed by atoms with Crippen LogP contribution in [0.5, 0.6) is 5.75 Å². The standard InChI is InChI=1S/C16H20N4O3/c1-3-22-8-9-23-12-6-4-11(5-7-12)13-10-14(15(21)18-2)20-16(17)19-13/h4-7,10H,3,8-9H2,1-2H3,(H,18,21)(H2,17,19,20). The number of aromatic nitrogens is 2. The third-order valence-electron chi connectivity index (χ3n) is 3.05. The Bertz CT molecular complexity index is 659. The van der Waals surface area contributed by atoms with Crippen molar-refractivity contribution in [3.63, 3.8) is 0 Å². The summed E-state index contributed by atoms with van der Waals surface area (Å²) in [5, 5.41) is 2.51. The first kappa shape index (κ1) is 16.7. The lowest BCUT2D eigenvalue weighted by Gasteiger charge is -2.08. The largest absolute Gasteiger partial charge is 0.491 e. The van der Waals surface area contributed by atoms with E-state index >= 15 is 0 Å². The first-order valence-electron chi connectivity index (χ1n) is 7.31. The monoisotopic (exact) mass is 316 g/mol. The number of nitrogens with zero attached hydrogens (tertiary/aromatic N) is 2. The number of benzene rings is 1. The molecule has 3 N–H and O–H groups in total. The van der Waals surface area contributed by atoms with Crippen LogP contribution >= 0.6 is 0 Å². The first-order chi connectivity index (χ1) is 11.1. The maximum absolute atomic E-state index is 11.7. The zero-order chi connectivity index (χ0) is 16.7. The number of nitrogens with two attached hydrogens (primary N) is 1. The second-order valence-electron chi connectivity index (χ2n) is 4.65. The number of anilines is 1. The average Bonchev–Trinajstić information content (AvgIpc) is 2.58. The minimum atomic E-state index is -0.309. The molecule has 1 aromatic heterocycles. The third kappa shape index (κ3) is 4.65. The van der Waals surface area contributed by atoms with Crippen molar-refractivity contribution >= 4 is 11.9 Å². The fraction of sp³-hybridized carbons (Fsp3) is 0.312. The summed E-state index contributed by atoms with van der Waals surface area (Å²) in [6, 6.07) is 8.97. The summed E-state index contributed by atoms with van der Waals surface area (Å²) >= 11 is 0. The molecule has 0 spiro atoms. The lowest BCUT2D eigenvalue weighted by molar-refractivity contribution is 0.0958. The summed E-state index contributed by atoms with van der Waals surface area (Å²) in [6.07, 6.45) is 0. The highest BCUT2D eigenvalue weighted by molar-refractivity contribution is 5.93. The molecule has 0 aliphatic carbocycles. The van der Waals surface area contributed by atoms with Crippen molar-refractivity contribution in [3.05, 3.63) is 36.0 Å². The molecule has 0 radical (unpaired) electrons. The number of rotatable bonds is 7. The number of carbonyl (C=O) groups is 1. The quantitative estimate of drug-likeness (QED) is 0.751. The smallest absolute Gasteiger partial charge is 0.269 e. The highest BCUT2D eigenvalue weighted by Gasteiger charge is 2.10. The summed E-state index contributed by atoms with van der Waals surface area (Å²) < 4.78 is 10.8. The highest BCUT2D eigenvalue weighted by atomic mass is 16.5. The highest BCUT2D eigenvalue weighted by Crippen LogP contribution is 2.22. The SMILES string of the molecule is CCOCCOc1ccc(-c2cc(C(=O)NC)nc(N)n2)cc1. The second-order valence-corrected chi connectivity index (χ2v) is 4.65. The van der Waals surface area contributed by atoms with Crippen LogP contribution in [-0.4, -0.2) is 42.7 Å². The number of nitrogen functional groups attached to an aromatic ring is 1. The Morgan fingerprint density at radius 2 is 1.96 bits per heavy atom. The van der Waals surface area contributed by atoms with Gasteiger partial charge in [-0.1, -0.05) is 0 Å². The molecule has 23 heavy (non-hydrogen) atoms. The van der Waals surface area contributed by atoms with Crippen LogP contribution in [0.4, 0.5) is 5.95 Å². The van der Waals surface area contributed by atoms with Gasteiger partial charge in [-0.25, -0.2) is 9.97 Å². The van der Waals surface area contributed by atoms with Crippen LogP contribution in [0.3, 0.4) is 0 Å². The van der Waals surface area contributed by atoms with Gasteiger partial charge in [-0.15, -0.1) is 0 Å². The molecule has 0 bridgehead atoms. The summed E-state index contributed by atoms with van der Waals surface area (Å²) in [7, 11) is 1.54. The molecule has 2 aromatic rings. The van der Waals surface area contributed by atoms with Crippen LogP contribution in [0.25, 0.3) is 11.3 Å². The molecular weight excluding hydrogens is 296 g/mol. The number of carbonyl (C=O) groups excluding carboxylic acids is 1. The van der Waals surface area contributed by atoms with E-state index in [0.717, 1.165) is 11.3 Å². The molecule has 0 fully saturated rings. The van der Waals surface area contributed by atoms with Crippen LogP contribution in [-0.2, 0) is 4.74 Å². The number of hydrogen-bond acceptors (Lipinski definition) is 6. The summed E-state index contributed by atoms with van der Waals surface area (Å²) in [5.41, 5.74) is 7.30. The molecule has 0 aliphatic heterocycles. The number of ether oxygens (including phenoxy) is 2. The Kier molecular flexibility index (Phi) is 5.87. The van der Waals surface area contributed by atoms with Crippen molar-refractivity contribution in [2.24, 2.45) is 0 Å². The summed E-state index contributed by atoms with van der Waals surface area (Å²) in [5.74, 6) is 0.483. The van der Waals surface area contributed by atoms with Crippen LogP contribution < -0.4 is 15.8 Å². The third-order valence-corrected chi connectivity index (χ3v) is 3.05. The predicted molar refractivity (Wildman–Crippen MR) is 87.3 cm³/mol. The van der Waals surface area contributed by atoms with Gasteiger partial charge in [0, 0.05) is 19.2 Å². The second kappa shape index (κ2) is 8.09. The molecule has 1 heterocycles. The van der Waals surface area contributed by atoms with Crippen molar-refractivity contribution in [2.45, 2.75) is 6.92 Å². The Hall–Kier alpha value is -2.67. The van der Waals surface area contributed by atoms with Crippen molar-refractivity contribution in [3.8, 4) is 17.0 Å². The Morgan fingerprint density at radius 3 is 2.61 bits per heavy atom. The van der Waals surface area contributed by atoms with E-state index in [0.29, 0.717) is 25.5 Å². The minimum Gasteiger partial charge on any atom is -0.491 e.